The van der Waals surface area contributed by atoms with Gasteiger partial charge in [0.15, 0.2) is 0 Å². The Morgan fingerprint density at radius 3 is 3.08 bits per heavy atom. The van der Waals surface area contributed by atoms with Crippen molar-refractivity contribution in [3.63, 3.8) is 0 Å². The van der Waals surface area contributed by atoms with Crippen LogP contribution >= 0.6 is 0 Å². The Morgan fingerprint density at radius 1 is 1.69 bits per heavy atom. The summed E-state index contributed by atoms with van der Waals surface area (Å²) >= 11 is 0. The lowest BCUT2D eigenvalue weighted by Crippen LogP contribution is -2.43. The largest absolute Gasteiger partial charge is 0.377 e. The highest BCUT2D eigenvalue weighted by Crippen LogP contribution is 2.15. The molecule has 0 radical (unpaired) electrons. The SMILES string of the molecule is CCOC1CCCN(C(C)C#N)C1. The summed E-state index contributed by atoms with van der Waals surface area (Å²) in [6, 6.07) is 2.30. The number of nitrogens with zero attached hydrogens (tertiary/aromatic N) is 2. The summed E-state index contributed by atoms with van der Waals surface area (Å²) in [7, 11) is 0. The van der Waals surface area contributed by atoms with Crippen molar-refractivity contribution in [3.05, 3.63) is 0 Å². The maximum absolute atomic E-state index is 8.77. The summed E-state index contributed by atoms with van der Waals surface area (Å²) in [6.45, 7) is 6.71. The Hall–Kier alpha value is -0.590. The van der Waals surface area contributed by atoms with E-state index in [1.54, 1.807) is 0 Å². The van der Waals surface area contributed by atoms with E-state index in [0.29, 0.717) is 6.10 Å². The minimum atomic E-state index is 0.0308. The van der Waals surface area contributed by atoms with E-state index in [4.69, 9.17) is 10.00 Å². The molecule has 74 valence electrons. The van der Waals surface area contributed by atoms with E-state index in [-0.39, 0.29) is 6.04 Å². The fourth-order valence-corrected chi connectivity index (χ4v) is 1.77. The average Bonchev–Trinajstić information content (AvgIpc) is 2.18. The van der Waals surface area contributed by atoms with Crippen LogP contribution in [0.5, 0.6) is 0 Å². The zero-order valence-electron chi connectivity index (χ0n) is 8.49. The highest BCUT2D eigenvalue weighted by Gasteiger charge is 2.23. The molecular formula is C10H18N2O. The summed E-state index contributed by atoms with van der Waals surface area (Å²) < 4.78 is 5.56. The van der Waals surface area contributed by atoms with Gasteiger partial charge in [0, 0.05) is 13.2 Å². The first-order chi connectivity index (χ1) is 6.27. The van der Waals surface area contributed by atoms with Gasteiger partial charge >= 0.3 is 0 Å². The molecule has 3 nitrogen and oxygen atoms in total. The first-order valence-corrected chi connectivity index (χ1v) is 5.03. The molecule has 1 aliphatic rings. The fraction of sp³-hybridized carbons (Fsp3) is 0.900. The van der Waals surface area contributed by atoms with E-state index < -0.39 is 0 Å². The molecule has 0 amide bonds. The van der Waals surface area contributed by atoms with Crippen molar-refractivity contribution in [1.29, 1.82) is 5.26 Å². The van der Waals surface area contributed by atoms with Crippen LogP contribution in [0.15, 0.2) is 0 Å². The molecule has 1 heterocycles. The van der Waals surface area contributed by atoms with E-state index in [0.717, 1.165) is 32.5 Å². The lowest BCUT2D eigenvalue weighted by molar-refractivity contribution is 0.00102. The van der Waals surface area contributed by atoms with Gasteiger partial charge in [0.25, 0.3) is 0 Å². The van der Waals surface area contributed by atoms with Crippen molar-refractivity contribution >= 4 is 0 Å². The van der Waals surface area contributed by atoms with Crippen LogP contribution in [-0.2, 0) is 4.74 Å². The Bertz CT molecular complexity index is 186. The normalized spacial score (nSPS) is 26.7. The summed E-state index contributed by atoms with van der Waals surface area (Å²) in [5.74, 6) is 0. The summed E-state index contributed by atoms with van der Waals surface area (Å²) in [4.78, 5) is 2.20. The summed E-state index contributed by atoms with van der Waals surface area (Å²) in [5, 5.41) is 8.77. The van der Waals surface area contributed by atoms with Crippen molar-refractivity contribution in [3.8, 4) is 6.07 Å². The quantitative estimate of drug-likeness (QED) is 0.662. The van der Waals surface area contributed by atoms with Crippen molar-refractivity contribution in [2.75, 3.05) is 19.7 Å². The summed E-state index contributed by atoms with van der Waals surface area (Å²) in [5.41, 5.74) is 0. The van der Waals surface area contributed by atoms with Crippen LogP contribution < -0.4 is 0 Å². The van der Waals surface area contributed by atoms with Gasteiger partial charge in [0.1, 0.15) is 0 Å². The van der Waals surface area contributed by atoms with Crippen LogP contribution in [0.1, 0.15) is 26.7 Å². The second-order valence-electron chi connectivity index (χ2n) is 3.52. The Labute approximate surface area is 80.3 Å². The topological polar surface area (TPSA) is 36.3 Å². The zero-order valence-corrected chi connectivity index (χ0v) is 8.49. The molecule has 0 aliphatic carbocycles. The van der Waals surface area contributed by atoms with Crippen molar-refractivity contribution in [1.82, 2.24) is 4.90 Å². The Kier molecular flexibility index (Phi) is 4.20. The molecule has 1 fully saturated rings. The van der Waals surface area contributed by atoms with Gasteiger partial charge in [-0.3, -0.25) is 4.90 Å². The fourth-order valence-electron chi connectivity index (χ4n) is 1.77. The molecule has 0 aromatic rings. The van der Waals surface area contributed by atoms with Gasteiger partial charge in [-0.05, 0) is 33.2 Å². The van der Waals surface area contributed by atoms with Crippen molar-refractivity contribution < 1.29 is 4.74 Å². The van der Waals surface area contributed by atoms with E-state index >= 15 is 0 Å². The van der Waals surface area contributed by atoms with Crippen LogP contribution in [0.3, 0.4) is 0 Å². The molecule has 1 aliphatic heterocycles. The molecule has 0 saturated carbocycles. The molecule has 2 atom stereocenters. The van der Waals surface area contributed by atoms with E-state index in [1.165, 1.54) is 0 Å². The van der Waals surface area contributed by atoms with E-state index in [9.17, 15) is 0 Å². The zero-order chi connectivity index (χ0) is 9.68. The van der Waals surface area contributed by atoms with E-state index in [2.05, 4.69) is 11.0 Å². The number of nitriles is 1. The van der Waals surface area contributed by atoms with Crippen LogP contribution in [0.25, 0.3) is 0 Å². The van der Waals surface area contributed by atoms with Crippen LogP contribution in [0.4, 0.5) is 0 Å². The second-order valence-corrected chi connectivity index (χ2v) is 3.52. The lowest BCUT2D eigenvalue weighted by Gasteiger charge is -2.33. The van der Waals surface area contributed by atoms with Crippen LogP contribution in [0.2, 0.25) is 0 Å². The van der Waals surface area contributed by atoms with Gasteiger partial charge in [-0.1, -0.05) is 0 Å². The maximum atomic E-state index is 8.77. The molecule has 1 rings (SSSR count). The first kappa shape index (κ1) is 10.5. The first-order valence-electron chi connectivity index (χ1n) is 5.03. The van der Waals surface area contributed by atoms with Crippen LogP contribution in [-0.4, -0.2) is 36.7 Å². The molecule has 0 aromatic carbocycles. The smallest absolute Gasteiger partial charge is 0.0950 e. The molecule has 13 heavy (non-hydrogen) atoms. The van der Waals surface area contributed by atoms with Crippen molar-refractivity contribution in [2.45, 2.75) is 38.8 Å². The maximum Gasteiger partial charge on any atom is 0.0950 e. The van der Waals surface area contributed by atoms with Gasteiger partial charge in [-0.2, -0.15) is 5.26 Å². The minimum Gasteiger partial charge on any atom is -0.377 e. The number of piperidine rings is 1. The minimum absolute atomic E-state index is 0.0308. The van der Waals surface area contributed by atoms with Gasteiger partial charge in [0.2, 0.25) is 0 Å². The molecular weight excluding hydrogens is 164 g/mol. The number of rotatable bonds is 3. The van der Waals surface area contributed by atoms with E-state index in [1.807, 2.05) is 13.8 Å². The predicted octanol–water partition coefficient (Wildman–Crippen LogP) is 1.40. The average molecular weight is 182 g/mol. The molecule has 3 heteroatoms. The molecule has 0 bridgehead atoms. The predicted molar refractivity (Wildman–Crippen MR) is 51.3 cm³/mol. The second kappa shape index (κ2) is 5.21. The Balaban J connectivity index is 2.38. The molecule has 0 aromatic heterocycles. The third-order valence-electron chi connectivity index (χ3n) is 2.55. The Morgan fingerprint density at radius 2 is 2.46 bits per heavy atom. The highest BCUT2D eigenvalue weighted by molar-refractivity contribution is 4.90. The number of likely N-dealkylation sites (tertiary alicyclic amines) is 1. The molecule has 1 saturated heterocycles. The lowest BCUT2D eigenvalue weighted by atomic mass is 10.1. The third-order valence-corrected chi connectivity index (χ3v) is 2.55. The highest BCUT2D eigenvalue weighted by atomic mass is 16.5. The standard InChI is InChI=1S/C10H18N2O/c1-3-13-10-5-4-6-12(8-10)9(2)7-11/h9-10H,3-6,8H2,1-2H3. The van der Waals surface area contributed by atoms with Gasteiger partial charge < -0.3 is 4.74 Å². The van der Waals surface area contributed by atoms with Gasteiger partial charge in [-0.15, -0.1) is 0 Å². The van der Waals surface area contributed by atoms with Crippen molar-refractivity contribution in [2.24, 2.45) is 0 Å². The van der Waals surface area contributed by atoms with Gasteiger partial charge in [0.05, 0.1) is 18.2 Å². The van der Waals surface area contributed by atoms with Gasteiger partial charge in [-0.25, -0.2) is 0 Å². The number of hydrogen-bond donors (Lipinski definition) is 0. The molecule has 0 spiro atoms. The monoisotopic (exact) mass is 182 g/mol. The molecule has 0 N–H and O–H groups in total. The van der Waals surface area contributed by atoms with Crippen LogP contribution in [0, 0.1) is 11.3 Å². The molecule has 2 unspecified atom stereocenters. The summed E-state index contributed by atoms with van der Waals surface area (Å²) in [6.07, 6.45) is 2.63. The third kappa shape index (κ3) is 2.98. The number of ether oxygens (including phenoxy) is 1. The number of hydrogen-bond acceptors (Lipinski definition) is 3.